The molecule has 0 aliphatic rings. The monoisotopic (exact) mass is 280 g/mol. The second-order valence-corrected chi connectivity index (χ2v) is 5.85. The zero-order chi connectivity index (χ0) is 15.0. The van der Waals surface area contributed by atoms with Crippen molar-refractivity contribution >= 4 is 0 Å². The molecule has 108 valence electrons. The van der Waals surface area contributed by atoms with Crippen molar-refractivity contribution in [1.29, 1.82) is 0 Å². The summed E-state index contributed by atoms with van der Waals surface area (Å²) in [4.78, 5) is 0. The molecule has 1 aromatic carbocycles. The zero-order valence-electron chi connectivity index (χ0n) is 11.4. The summed E-state index contributed by atoms with van der Waals surface area (Å²) in [6.07, 6.45) is 0.636. The molecule has 1 atom stereocenters. The first-order valence-electron chi connectivity index (χ1n) is 6.11. The summed E-state index contributed by atoms with van der Waals surface area (Å²) in [5.74, 6) is -9.99. The molecule has 0 fully saturated rings. The summed E-state index contributed by atoms with van der Waals surface area (Å²) in [7, 11) is 0. The maximum absolute atomic E-state index is 13.7. The van der Waals surface area contributed by atoms with Crippen LogP contribution in [-0.4, -0.2) is 0 Å². The summed E-state index contributed by atoms with van der Waals surface area (Å²) in [6.45, 7) is 7.21. The molecule has 0 saturated carbocycles. The van der Waals surface area contributed by atoms with Gasteiger partial charge < -0.3 is 0 Å². The molecule has 0 aliphatic heterocycles. The largest absolute Gasteiger partial charge is 0.203 e. The third kappa shape index (κ3) is 3.25. The van der Waals surface area contributed by atoms with Crippen LogP contribution in [-0.2, 0) is 0 Å². The van der Waals surface area contributed by atoms with Crippen LogP contribution >= 0.6 is 0 Å². The van der Waals surface area contributed by atoms with Gasteiger partial charge in [0.15, 0.2) is 23.3 Å². The summed E-state index contributed by atoms with van der Waals surface area (Å²) in [5.41, 5.74) is -0.977. The molecular formula is C14H17F5. The van der Waals surface area contributed by atoms with Crippen molar-refractivity contribution in [3.63, 3.8) is 0 Å². The van der Waals surface area contributed by atoms with E-state index in [-0.39, 0.29) is 5.41 Å². The average molecular weight is 280 g/mol. The number of benzene rings is 1. The minimum atomic E-state index is -2.11. The predicted molar refractivity (Wildman–Crippen MR) is 63.3 cm³/mol. The summed E-state index contributed by atoms with van der Waals surface area (Å²) in [6, 6.07) is 0. The fourth-order valence-electron chi connectivity index (χ4n) is 2.17. The molecule has 1 unspecified atom stereocenters. The smallest absolute Gasteiger partial charge is 0.200 e. The lowest BCUT2D eigenvalue weighted by Crippen LogP contribution is -2.16. The normalized spacial score (nSPS) is 13.7. The zero-order valence-corrected chi connectivity index (χ0v) is 11.4. The van der Waals surface area contributed by atoms with Crippen LogP contribution in [0.1, 0.15) is 52.0 Å². The Morgan fingerprint density at radius 1 is 0.789 bits per heavy atom. The van der Waals surface area contributed by atoms with Gasteiger partial charge in [-0.2, -0.15) is 0 Å². The Morgan fingerprint density at radius 3 is 1.47 bits per heavy atom. The van der Waals surface area contributed by atoms with Crippen LogP contribution in [0.5, 0.6) is 0 Å². The predicted octanol–water partition coefficient (Wildman–Crippen LogP) is 5.31. The SMILES string of the molecule is CCC(CC(C)(C)C)c1c(F)c(F)c(F)c(F)c1F. The van der Waals surface area contributed by atoms with E-state index in [0.29, 0.717) is 12.8 Å². The first kappa shape index (κ1) is 15.9. The van der Waals surface area contributed by atoms with Crippen LogP contribution in [0.15, 0.2) is 0 Å². The molecule has 0 amide bonds. The first-order valence-corrected chi connectivity index (χ1v) is 6.11. The minimum absolute atomic E-state index is 0.277. The molecule has 0 N–H and O–H groups in total. The Hall–Kier alpha value is -1.13. The van der Waals surface area contributed by atoms with Gasteiger partial charge in [0.1, 0.15) is 0 Å². The van der Waals surface area contributed by atoms with Crippen LogP contribution < -0.4 is 0 Å². The molecule has 0 nitrogen and oxygen atoms in total. The van der Waals surface area contributed by atoms with E-state index in [1.165, 1.54) is 0 Å². The van der Waals surface area contributed by atoms with Crippen molar-refractivity contribution in [3.05, 3.63) is 34.6 Å². The Bertz CT molecular complexity index is 445. The van der Waals surface area contributed by atoms with Gasteiger partial charge in [0, 0.05) is 5.56 Å². The van der Waals surface area contributed by atoms with Gasteiger partial charge in [0.2, 0.25) is 5.82 Å². The highest BCUT2D eigenvalue weighted by Gasteiger charge is 2.31. The van der Waals surface area contributed by atoms with E-state index in [4.69, 9.17) is 0 Å². The molecule has 0 aromatic heterocycles. The fraction of sp³-hybridized carbons (Fsp3) is 0.571. The summed E-state index contributed by atoms with van der Waals surface area (Å²) < 4.78 is 66.7. The first-order chi connectivity index (χ1) is 8.60. The van der Waals surface area contributed by atoms with Crippen molar-refractivity contribution in [3.8, 4) is 0 Å². The topological polar surface area (TPSA) is 0 Å². The maximum Gasteiger partial charge on any atom is 0.200 e. The highest BCUT2D eigenvalue weighted by Crippen LogP contribution is 2.37. The number of rotatable bonds is 3. The molecule has 1 aromatic rings. The third-order valence-corrected chi connectivity index (χ3v) is 3.00. The van der Waals surface area contributed by atoms with Crippen LogP contribution in [0.25, 0.3) is 0 Å². The lowest BCUT2D eigenvalue weighted by atomic mass is 9.80. The Balaban J connectivity index is 3.40. The molecule has 0 spiro atoms. The molecule has 0 heterocycles. The minimum Gasteiger partial charge on any atom is -0.203 e. The second kappa shape index (κ2) is 5.47. The van der Waals surface area contributed by atoms with Crippen LogP contribution in [0, 0.1) is 34.5 Å². The van der Waals surface area contributed by atoms with Gasteiger partial charge in [-0.15, -0.1) is 0 Å². The third-order valence-electron chi connectivity index (χ3n) is 3.00. The van der Waals surface area contributed by atoms with Crippen LogP contribution in [0.3, 0.4) is 0 Å². The molecule has 0 radical (unpaired) electrons. The Kier molecular flexibility index (Phi) is 4.59. The fourth-order valence-corrected chi connectivity index (χ4v) is 2.17. The van der Waals surface area contributed by atoms with Gasteiger partial charge >= 0.3 is 0 Å². The van der Waals surface area contributed by atoms with Crippen LogP contribution in [0.4, 0.5) is 22.0 Å². The van der Waals surface area contributed by atoms with E-state index in [0.717, 1.165) is 0 Å². The molecular weight excluding hydrogens is 263 g/mol. The van der Waals surface area contributed by atoms with Gasteiger partial charge in [-0.05, 0) is 24.2 Å². The van der Waals surface area contributed by atoms with E-state index < -0.39 is 40.6 Å². The lowest BCUT2D eigenvalue weighted by Gasteiger charge is -2.26. The highest BCUT2D eigenvalue weighted by atomic mass is 19.2. The van der Waals surface area contributed by atoms with Crippen molar-refractivity contribution < 1.29 is 22.0 Å². The summed E-state index contributed by atoms with van der Waals surface area (Å²) >= 11 is 0. The van der Waals surface area contributed by atoms with E-state index in [2.05, 4.69) is 0 Å². The van der Waals surface area contributed by atoms with Crippen molar-refractivity contribution in [2.75, 3.05) is 0 Å². The van der Waals surface area contributed by atoms with Crippen molar-refractivity contribution in [1.82, 2.24) is 0 Å². The molecule has 0 saturated heterocycles. The maximum atomic E-state index is 13.7. The molecule has 1 rings (SSSR count). The molecule has 5 heteroatoms. The van der Waals surface area contributed by atoms with Gasteiger partial charge in [-0.3, -0.25) is 0 Å². The second-order valence-electron chi connectivity index (χ2n) is 5.85. The van der Waals surface area contributed by atoms with Crippen LogP contribution in [0.2, 0.25) is 0 Å². The lowest BCUT2D eigenvalue weighted by molar-refractivity contribution is 0.311. The van der Waals surface area contributed by atoms with Gasteiger partial charge in [-0.25, -0.2) is 22.0 Å². The van der Waals surface area contributed by atoms with Gasteiger partial charge in [0.05, 0.1) is 0 Å². The van der Waals surface area contributed by atoms with Gasteiger partial charge in [0.25, 0.3) is 0 Å². The number of hydrogen-bond donors (Lipinski definition) is 0. The molecule has 0 bridgehead atoms. The van der Waals surface area contributed by atoms with Gasteiger partial charge in [-0.1, -0.05) is 27.7 Å². The van der Waals surface area contributed by atoms with E-state index >= 15 is 0 Å². The molecule has 19 heavy (non-hydrogen) atoms. The summed E-state index contributed by atoms with van der Waals surface area (Å²) in [5, 5.41) is 0. The van der Waals surface area contributed by atoms with Crippen molar-refractivity contribution in [2.45, 2.75) is 46.5 Å². The molecule has 0 aliphatic carbocycles. The Morgan fingerprint density at radius 2 is 1.16 bits per heavy atom. The van der Waals surface area contributed by atoms with E-state index in [9.17, 15) is 22.0 Å². The average Bonchev–Trinajstić information content (AvgIpc) is 2.31. The van der Waals surface area contributed by atoms with E-state index in [1.807, 2.05) is 20.8 Å². The Labute approximate surface area is 109 Å². The number of halogens is 5. The van der Waals surface area contributed by atoms with E-state index in [1.54, 1.807) is 6.92 Å². The quantitative estimate of drug-likeness (QED) is 0.400. The van der Waals surface area contributed by atoms with Crippen molar-refractivity contribution in [2.24, 2.45) is 5.41 Å². The number of hydrogen-bond acceptors (Lipinski definition) is 0. The standard InChI is InChI=1S/C14H17F5/c1-5-7(6-14(2,3)4)8-9(15)11(17)13(19)12(18)10(8)16/h7H,5-6H2,1-4H3. The highest BCUT2D eigenvalue weighted by molar-refractivity contribution is 5.27.